The average Bonchev–Trinajstić information content (AvgIpc) is 1.95. The standard InChI is InChI=1S/C8H12OSi/c9-8-3-1-7(2-4-8)5-6-10/h1-4,9H,5-6H2,10H3. The Balaban J connectivity index is 2.69. The summed E-state index contributed by atoms with van der Waals surface area (Å²) in [5, 5.41) is 8.93. The second kappa shape index (κ2) is 3.42. The van der Waals surface area contributed by atoms with Gasteiger partial charge in [-0.15, -0.1) is 0 Å². The van der Waals surface area contributed by atoms with Crippen molar-refractivity contribution in [2.24, 2.45) is 0 Å². The fourth-order valence-electron chi connectivity index (χ4n) is 0.951. The zero-order valence-corrected chi connectivity index (χ0v) is 8.17. The molecule has 0 aromatic heterocycles. The van der Waals surface area contributed by atoms with Crippen molar-refractivity contribution in [3.8, 4) is 5.75 Å². The van der Waals surface area contributed by atoms with Crippen LogP contribution in [0.5, 0.6) is 5.75 Å². The molecule has 0 saturated heterocycles. The number of phenols is 1. The summed E-state index contributed by atoms with van der Waals surface area (Å²) in [6.07, 6.45) is 1.16. The van der Waals surface area contributed by atoms with Crippen LogP contribution in [0.1, 0.15) is 5.56 Å². The molecule has 10 heavy (non-hydrogen) atoms. The van der Waals surface area contributed by atoms with Crippen molar-refractivity contribution in [1.82, 2.24) is 0 Å². The van der Waals surface area contributed by atoms with Gasteiger partial charge >= 0.3 is 0 Å². The highest BCUT2D eigenvalue weighted by atomic mass is 28.1. The fraction of sp³-hybridized carbons (Fsp3) is 0.250. The van der Waals surface area contributed by atoms with E-state index in [2.05, 4.69) is 0 Å². The predicted octanol–water partition coefficient (Wildman–Crippen LogP) is 0.718. The van der Waals surface area contributed by atoms with E-state index in [0.29, 0.717) is 5.75 Å². The highest BCUT2D eigenvalue weighted by Gasteiger charge is 1.89. The van der Waals surface area contributed by atoms with E-state index in [1.54, 1.807) is 12.1 Å². The number of hydrogen-bond donors (Lipinski definition) is 1. The van der Waals surface area contributed by atoms with Crippen molar-refractivity contribution in [2.75, 3.05) is 0 Å². The van der Waals surface area contributed by atoms with Crippen LogP contribution in [-0.2, 0) is 6.42 Å². The molecule has 0 aliphatic rings. The SMILES string of the molecule is Oc1ccc(CC[SiH3])cc1. The van der Waals surface area contributed by atoms with Gasteiger partial charge in [0.2, 0.25) is 0 Å². The molecule has 0 amide bonds. The number of aromatic hydroxyl groups is 1. The van der Waals surface area contributed by atoms with Crippen molar-refractivity contribution in [2.45, 2.75) is 12.5 Å². The predicted molar refractivity (Wildman–Crippen MR) is 46.6 cm³/mol. The first-order chi connectivity index (χ1) is 4.83. The van der Waals surface area contributed by atoms with Gasteiger partial charge in [0, 0.05) is 10.2 Å². The van der Waals surface area contributed by atoms with Gasteiger partial charge in [0.1, 0.15) is 5.75 Å². The molecule has 0 atom stereocenters. The van der Waals surface area contributed by atoms with Gasteiger partial charge in [-0.25, -0.2) is 0 Å². The van der Waals surface area contributed by atoms with E-state index in [1.165, 1.54) is 21.9 Å². The third-order valence-electron chi connectivity index (χ3n) is 1.48. The molecule has 0 radical (unpaired) electrons. The summed E-state index contributed by atoms with van der Waals surface area (Å²) in [5.41, 5.74) is 1.33. The maximum absolute atomic E-state index is 8.93. The van der Waals surface area contributed by atoms with Gasteiger partial charge in [-0.1, -0.05) is 18.2 Å². The number of rotatable bonds is 2. The molecule has 2 heteroatoms. The normalized spacial score (nSPS) is 10.0. The van der Waals surface area contributed by atoms with Gasteiger partial charge in [0.25, 0.3) is 0 Å². The van der Waals surface area contributed by atoms with E-state index in [-0.39, 0.29) is 0 Å². The Kier molecular flexibility index (Phi) is 2.51. The van der Waals surface area contributed by atoms with E-state index >= 15 is 0 Å². The molecule has 1 nitrogen and oxygen atoms in total. The van der Waals surface area contributed by atoms with E-state index in [4.69, 9.17) is 5.11 Å². The van der Waals surface area contributed by atoms with Crippen molar-refractivity contribution in [3.05, 3.63) is 29.8 Å². The molecule has 1 aromatic rings. The van der Waals surface area contributed by atoms with Gasteiger partial charge in [0.05, 0.1) is 0 Å². The first-order valence-electron chi connectivity index (χ1n) is 3.61. The minimum atomic E-state index is 0.358. The molecule has 1 rings (SSSR count). The summed E-state index contributed by atoms with van der Waals surface area (Å²) in [4.78, 5) is 0. The van der Waals surface area contributed by atoms with Gasteiger partial charge in [-0.3, -0.25) is 0 Å². The summed E-state index contributed by atoms with van der Waals surface area (Å²) >= 11 is 0. The number of benzene rings is 1. The zero-order chi connectivity index (χ0) is 7.40. The second-order valence-corrected chi connectivity index (χ2v) is 3.42. The van der Waals surface area contributed by atoms with Crippen LogP contribution in [0.15, 0.2) is 24.3 Å². The lowest BCUT2D eigenvalue weighted by atomic mass is 10.2. The van der Waals surface area contributed by atoms with Crippen LogP contribution in [0, 0.1) is 0 Å². The third-order valence-corrected chi connectivity index (χ3v) is 1.98. The topological polar surface area (TPSA) is 20.2 Å². The van der Waals surface area contributed by atoms with Crippen LogP contribution in [-0.4, -0.2) is 15.3 Å². The van der Waals surface area contributed by atoms with Crippen LogP contribution in [0.3, 0.4) is 0 Å². The summed E-state index contributed by atoms with van der Waals surface area (Å²) in [5.74, 6) is 0.358. The van der Waals surface area contributed by atoms with Crippen molar-refractivity contribution >= 4 is 10.2 Å². The fourth-order valence-corrected chi connectivity index (χ4v) is 1.53. The smallest absolute Gasteiger partial charge is 0.115 e. The molecule has 0 spiro atoms. The molecule has 0 saturated carbocycles. The molecule has 54 valence electrons. The summed E-state index contributed by atoms with van der Waals surface area (Å²) < 4.78 is 0. The number of aryl methyl sites for hydroxylation is 1. The van der Waals surface area contributed by atoms with Crippen LogP contribution >= 0.6 is 0 Å². The van der Waals surface area contributed by atoms with Gasteiger partial charge < -0.3 is 5.11 Å². The minimum absolute atomic E-state index is 0.358. The molecule has 1 N–H and O–H groups in total. The largest absolute Gasteiger partial charge is 0.508 e. The van der Waals surface area contributed by atoms with E-state index in [0.717, 1.165) is 6.42 Å². The molecule has 0 aliphatic carbocycles. The van der Waals surface area contributed by atoms with Gasteiger partial charge in [-0.2, -0.15) is 0 Å². The van der Waals surface area contributed by atoms with Crippen LogP contribution < -0.4 is 0 Å². The van der Waals surface area contributed by atoms with Crippen LogP contribution in [0.25, 0.3) is 0 Å². The number of hydrogen-bond acceptors (Lipinski definition) is 1. The summed E-state index contributed by atoms with van der Waals surface area (Å²) in [7, 11) is 1.26. The summed E-state index contributed by atoms with van der Waals surface area (Å²) in [6.45, 7) is 0. The van der Waals surface area contributed by atoms with Crippen molar-refractivity contribution in [1.29, 1.82) is 0 Å². The molecule has 0 aliphatic heterocycles. The second-order valence-electron chi connectivity index (χ2n) is 2.42. The Morgan fingerprint density at radius 1 is 1.20 bits per heavy atom. The van der Waals surface area contributed by atoms with Gasteiger partial charge in [0.15, 0.2) is 0 Å². The van der Waals surface area contributed by atoms with Gasteiger partial charge in [-0.05, 0) is 24.1 Å². The van der Waals surface area contributed by atoms with Crippen molar-refractivity contribution < 1.29 is 5.11 Å². The lowest BCUT2D eigenvalue weighted by Gasteiger charge is -1.96. The minimum Gasteiger partial charge on any atom is -0.508 e. The molecule has 0 bridgehead atoms. The molecule has 1 aromatic carbocycles. The Morgan fingerprint density at radius 2 is 1.80 bits per heavy atom. The van der Waals surface area contributed by atoms with Crippen LogP contribution in [0.4, 0.5) is 0 Å². The third kappa shape index (κ3) is 1.88. The Hall–Kier alpha value is -0.763. The molecule has 0 fully saturated rings. The Morgan fingerprint density at radius 3 is 2.30 bits per heavy atom. The van der Waals surface area contributed by atoms with E-state index in [9.17, 15) is 0 Å². The molecular weight excluding hydrogens is 140 g/mol. The lowest BCUT2D eigenvalue weighted by Crippen LogP contribution is -1.81. The number of phenolic OH excluding ortho intramolecular Hbond substituents is 1. The quantitative estimate of drug-likeness (QED) is 0.619. The zero-order valence-electron chi connectivity index (χ0n) is 6.17. The highest BCUT2D eigenvalue weighted by Crippen LogP contribution is 2.10. The maximum atomic E-state index is 8.93. The first kappa shape index (κ1) is 7.35. The highest BCUT2D eigenvalue weighted by molar-refractivity contribution is 6.08. The summed E-state index contributed by atoms with van der Waals surface area (Å²) in [6, 6.07) is 8.74. The van der Waals surface area contributed by atoms with Crippen LogP contribution in [0.2, 0.25) is 6.04 Å². The van der Waals surface area contributed by atoms with Crippen molar-refractivity contribution in [3.63, 3.8) is 0 Å². The lowest BCUT2D eigenvalue weighted by molar-refractivity contribution is 0.475. The Labute approximate surface area is 64.1 Å². The average molecular weight is 152 g/mol. The molecule has 0 unspecified atom stereocenters. The maximum Gasteiger partial charge on any atom is 0.115 e. The molecular formula is C8H12OSi. The van der Waals surface area contributed by atoms with E-state index < -0.39 is 0 Å². The van der Waals surface area contributed by atoms with E-state index in [1.807, 2.05) is 12.1 Å². The molecule has 0 heterocycles. The monoisotopic (exact) mass is 152 g/mol. The first-order valence-corrected chi connectivity index (χ1v) is 5.02. The Bertz CT molecular complexity index is 193.